The molecule has 2 N–H and O–H groups in total. The summed E-state index contributed by atoms with van der Waals surface area (Å²) in [6.45, 7) is 2.95. The van der Waals surface area contributed by atoms with Crippen molar-refractivity contribution in [2.24, 2.45) is 0 Å². The largest absolute Gasteiger partial charge is 0.394 e. The molecular weight excluding hydrogens is 242 g/mol. The molecule has 1 aromatic carbocycles. The van der Waals surface area contributed by atoms with E-state index in [0.717, 1.165) is 19.4 Å². The first-order valence-corrected chi connectivity index (χ1v) is 6.79. The zero-order valence-electron chi connectivity index (χ0n) is 11.5. The standard InChI is InChI=1S/C15H23NO3/c1-18-11-14-5-3-2-4-13(14)10-16-15(12-17)6-8-19-9-7-15/h2-5,16-17H,6-12H2,1H3. The van der Waals surface area contributed by atoms with Crippen LogP contribution in [0.2, 0.25) is 0 Å². The number of rotatable bonds is 6. The minimum Gasteiger partial charge on any atom is -0.394 e. The second-order valence-corrected chi connectivity index (χ2v) is 5.11. The SMILES string of the molecule is COCc1ccccc1CNC1(CO)CCOCC1. The van der Waals surface area contributed by atoms with Gasteiger partial charge in [-0.05, 0) is 24.0 Å². The first kappa shape index (κ1) is 14.5. The van der Waals surface area contributed by atoms with Gasteiger partial charge >= 0.3 is 0 Å². The smallest absolute Gasteiger partial charge is 0.0716 e. The second kappa shape index (κ2) is 7.01. The van der Waals surface area contributed by atoms with Crippen LogP contribution >= 0.6 is 0 Å². The summed E-state index contributed by atoms with van der Waals surface area (Å²) in [5.74, 6) is 0. The second-order valence-electron chi connectivity index (χ2n) is 5.11. The van der Waals surface area contributed by atoms with Crippen LogP contribution in [0.1, 0.15) is 24.0 Å². The zero-order valence-corrected chi connectivity index (χ0v) is 11.5. The molecule has 1 aliphatic rings. The van der Waals surface area contributed by atoms with Gasteiger partial charge in [0.05, 0.1) is 13.2 Å². The molecule has 0 saturated carbocycles. The summed E-state index contributed by atoms with van der Waals surface area (Å²) in [4.78, 5) is 0. The summed E-state index contributed by atoms with van der Waals surface area (Å²) in [6, 6.07) is 8.24. The molecule has 0 unspecified atom stereocenters. The van der Waals surface area contributed by atoms with Crippen molar-refractivity contribution in [3.63, 3.8) is 0 Å². The van der Waals surface area contributed by atoms with Crippen LogP contribution in [-0.4, -0.2) is 37.6 Å². The lowest BCUT2D eigenvalue weighted by Crippen LogP contribution is -2.51. The Kier molecular flexibility index (Phi) is 5.34. The average Bonchev–Trinajstić information content (AvgIpc) is 2.48. The van der Waals surface area contributed by atoms with Crippen molar-refractivity contribution >= 4 is 0 Å². The van der Waals surface area contributed by atoms with E-state index in [4.69, 9.17) is 9.47 Å². The maximum absolute atomic E-state index is 9.65. The molecule has 1 heterocycles. The van der Waals surface area contributed by atoms with E-state index in [1.54, 1.807) is 7.11 Å². The van der Waals surface area contributed by atoms with E-state index in [2.05, 4.69) is 17.4 Å². The fourth-order valence-corrected chi connectivity index (χ4v) is 2.46. The van der Waals surface area contributed by atoms with E-state index >= 15 is 0 Å². The van der Waals surface area contributed by atoms with Crippen LogP contribution in [-0.2, 0) is 22.6 Å². The Morgan fingerprint density at radius 1 is 1.26 bits per heavy atom. The molecular formula is C15H23NO3. The Labute approximate surface area is 114 Å². The van der Waals surface area contributed by atoms with Gasteiger partial charge in [0.2, 0.25) is 0 Å². The molecule has 0 bridgehead atoms. The molecule has 0 aliphatic carbocycles. The molecule has 2 rings (SSSR count). The Morgan fingerprint density at radius 2 is 1.95 bits per heavy atom. The predicted molar refractivity (Wildman–Crippen MR) is 73.9 cm³/mol. The summed E-state index contributed by atoms with van der Waals surface area (Å²) >= 11 is 0. The third-order valence-corrected chi connectivity index (χ3v) is 3.82. The lowest BCUT2D eigenvalue weighted by atomic mass is 9.90. The van der Waals surface area contributed by atoms with Crippen molar-refractivity contribution < 1.29 is 14.6 Å². The van der Waals surface area contributed by atoms with E-state index in [0.29, 0.717) is 19.8 Å². The lowest BCUT2D eigenvalue weighted by molar-refractivity contribution is 0.0111. The molecule has 19 heavy (non-hydrogen) atoms. The van der Waals surface area contributed by atoms with Crippen LogP contribution in [0, 0.1) is 0 Å². The first-order valence-electron chi connectivity index (χ1n) is 6.79. The molecule has 1 saturated heterocycles. The van der Waals surface area contributed by atoms with Gasteiger partial charge in [0.25, 0.3) is 0 Å². The quantitative estimate of drug-likeness (QED) is 0.817. The van der Waals surface area contributed by atoms with Gasteiger partial charge < -0.3 is 19.9 Å². The fraction of sp³-hybridized carbons (Fsp3) is 0.600. The number of aliphatic hydroxyl groups is 1. The molecule has 0 aromatic heterocycles. The number of hydrogen-bond acceptors (Lipinski definition) is 4. The fourth-order valence-electron chi connectivity index (χ4n) is 2.46. The first-order chi connectivity index (χ1) is 9.29. The highest BCUT2D eigenvalue weighted by Crippen LogP contribution is 2.21. The van der Waals surface area contributed by atoms with Crippen molar-refractivity contribution in [3.05, 3.63) is 35.4 Å². The van der Waals surface area contributed by atoms with Crippen LogP contribution < -0.4 is 5.32 Å². The van der Waals surface area contributed by atoms with Gasteiger partial charge in [-0.15, -0.1) is 0 Å². The summed E-state index contributed by atoms with van der Waals surface area (Å²) < 4.78 is 10.6. The van der Waals surface area contributed by atoms with Crippen LogP contribution in [0.4, 0.5) is 0 Å². The van der Waals surface area contributed by atoms with Crippen molar-refractivity contribution in [1.82, 2.24) is 5.32 Å². The summed E-state index contributed by atoms with van der Waals surface area (Å²) in [5.41, 5.74) is 2.22. The van der Waals surface area contributed by atoms with Crippen molar-refractivity contribution in [3.8, 4) is 0 Å². The van der Waals surface area contributed by atoms with Gasteiger partial charge in [-0.25, -0.2) is 0 Å². The third-order valence-electron chi connectivity index (χ3n) is 3.82. The zero-order chi connectivity index (χ0) is 13.6. The van der Waals surface area contributed by atoms with E-state index in [-0.39, 0.29) is 12.1 Å². The highest BCUT2D eigenvalue weighted by atomic mass is 16.5. The molecule has 1 aliphatic heterocycles. The van der Waals surface area contributed by atoms with E-state index in [1.165, 1.54) is 11.1 Å². The highest BCUT2D eigenvalue weighted by molar-refractivity contribution is 5.26. The lowest BCUT2D eigenvalue weighted by Gasteiger charge is -2.36. The Bertz CT molecular complexity index is 389. The van der Waals surface area contributed by atoms with Crippen LogP contribution in [0.15, 0.2) is 24.3 Å². The summed E-state index contributed by atoms with van der Waals surface area (Å²) in [6.07, 6.45) is 1.71. The maximum atomic E-state index is 9.65. The van der Waals surface area contributed by atoms with Crippen molar-refractivity contribution in [1.29, 1.82) is 0 Å². The maximum Gasteiger partial charge on any atom is 0.0716 e. The molecule has 0 atom stereocenters. The molecule has 4 nitrogen and oxygen atoms in total. The minimum absolute atomic E-state index is 0.156. The number of nitrogens with one attached hydrogen (secondary N) is 1. The predicted octanol–water partition coefficient (Wildman–Crippen LogP) is 1.46. The van der Waals surface area contributed by atoms with Gasteiger partial charge in [0.15, 0.2) is 0 Å². The number of methoxy groups -OCH3 is 1. The van der Waals surface area contributed by atoms with Crippen molar-refractivity contribution in [2.45, 2.75) is 31.5 Å². The summed E-state index contributed by atoms with van der Waals surface area (Å²) in [7, 11) is 1.71. The number of benzene rings is 1. The molecule has 4 heteroatoms. The molecule has 0 radical (unpaired) electrons. The van der Waals surface area contributed by atoms with Gasteiger partial charge in [-0.2, -0.15) is 0 Å². The van der Waals surface area contributed by atoms with Crippen LogP contribution in [0.25, 0.3) is 0 Å². The summed E-state index contributed by atoms with van der Waals surface area (Å²) in [5, 5.41) is 13.2. The van der Waals surface area contributed by atoms with Gasteiger partial charge in [0, 0.05) is 32.4 Å². The monoisotopic (exact) mass is 265 g/mol. The third kappa shape index (κ3) is 3.76. The molecule has 0 spiro atoms. The molecule has 1 fully saturated rings. The number of hydrogen-bond donors (Lipinski definition) is 2. The minimum atomic E-state index is -0.196. The van der Waals surface area contributed by atoms with Crippen LogP contribution in [0.3, 0.4) is 0 Å². The van der Waals surface area contributed by atoms with Crippen molar-refractivity contribution in [2.75, 3.05) is 26.9 Å². The molecule has 1 aromatic rings. The van der Waals surface area contributed by atoms with E-state index in [1.807, 2.05) is 12.1 Å². The van der Waals surface area contributed by atoms with E-state index in [9.17, 15) is 5.11 Å². The normalized spacial score (nSPS) is 18.4. The molecule has 106 valence electrons. The Morgan fingerprint density at radius 3 is 2.58 bits per heavy atom. The van der Waals surface area contributed by atoms with Crippen LogP contribution in [0.5, 0.6) is 0 Å². The number of ether oxygens (including phenoxy) is 2. The van der Waals surface area contributed by atoms with Gasteiger partial charge in [0.1, 0.15) is 0 Å². The van der Waals surface area contributed by atoms with E-state index < -0.39 is 0 Å². The Hall–Kier alpha value is -0.940. The molecule has 0 amide bonds. The average molecular weight is 265 g/mol. The van der Waals surface area contributed by atoms with Gasteiger partial charge in [-0.3, -0.25) is 0 Å². The topological polar surface area (TPSA) is 50.7 Å². The number of aliphatic hydroxyl groups excluding tert-OH is 1. The van der Waals surface area contributed by atoms with Gasteiger partial charge in [-0.1, -0.05) is 24.3 Å². The highest BCUT2D eigenvalue weighted by Gasteiger charge is 2.31. The Balaban J connectivity index is 2.00.